The monoisotopic (exact) mass is 665 g/mol. The molecule has 2 rings (SSSR count). The van der Waals surface area contributed by atoms with Crippen LogP contribution in [0, 0.1) is 5.92 Å². The van der Waals surface area contributed by atoms with Gasteiger partial charge in [0.1, 0.15) is 12.2 Å². The first-order valence-electron chi connectivity index (χ1n) is 14.4. The van der Waals surface area contributed by atoms with Crippen molar-refractivity contribution in [2.24, 2.45) is 5.92 Å². The van der Waals surface area contributed by atoms with Crippen molar-refractivity contribution in [3.8, 4) is 0 Å². The number of nitrogens with zero attached hydrogens (tertiary/aromatic N) is 1. The Kier molecular flexibility index (Phi) is 15.8. The molecule has 7 N–H and O–H groups in total. The van der Waals surface area contributed by atoms with Gasteiger partial charge in [0.05, 0.1) is 37.2 Å². The first-order chi connectivity index (χ1) is 21.3. The number of carboxylic acid groups (broad SMARTS) is 1. The molecule has 18 heteroatoms. The normalized spacial score (nSPS) is 26.4. The molecule has 2 heterocycles. The van der Waals surface area contributed by atoms with Crippen LogP contribution in [0.25, 0.3) is 0 Å². The van der Waals surface area contributed by atoms with Crippen molar-refractivity contribution in [2.45, 2.75) is 74.0 Å². The topological polar surface area (TPSA) is 259 Å². The van der Waals surface area contributed by atoms with E-state index in [-0.39, 0.29) is 63.3 Å². The van der Waals surface area contributed by atoms with Crippen LogP contribution in [0.4, 0.5) is 0 Å². The first-order valence-corrected chi connectivity index (χ1v) is 15.7. The number of methoxy groups -OCH3 is 1. The number of Topliss-reactive ketones (excluding diaryl/α,β-unsaturated/α-hetero) is 1. The number of amides is 4. The molecule has 2 aliphatic rings. The van der Waals surface area contributed by atoms with Crippen molar-refractivity contribution in [3.63, 3.8) is 0 Å². The lowest BCUT2D eigenvalue weighted by Gasteiger charge is -2.46. The van der Waals surface area contributed by atoms with E-state index in [9.17, 15) is 54.3 Å². The molecule has 45 heavy (non-hydrogen) atoms. The van der Waals surface area contributed by atoms with E-state index in [0.29, 0.717) is 6.42 Å². The Morgan fingerprint density at radius 1 is 1.13 bits per heavy atom. The number of aliphatic hydroxyl groups is 4. The number of hydrogen-bond donors (Lipinski definition) is 7. The predicted molar refractivity (Wildman–Crippen MR) is 154 cm³/mol. The van der Waals surface area contributed by atoms with Crippen molar-refractivity contribution < 1.29 is 68.5 Å². The second kappa shape index (κ2) is 18.4. The second-order valence-corrected chi connectivity index (χ2v) is 11.7. The van der Waals surface area contributed by atoms with E-state index in [1.807, 2.05) is 0 Å². The molecular weight excluding hydrogens is 622 g/mol. The summed E-state index contributed by atoms with van der Waals surface area (Å²) >= 11 is 1.30. The fourth-order valence-corrected chi connectivity index (χ4v) is 5.56. The Labute approximate surface area is 263 Å². The highest BCUT2D eigenvalue weighted by atomic mass is 32.2. The Morgan fingerprint density at radius 2 is 1.82 bits per heavy atom. The van der Waals surface area contributed by atoms with Crippen LogP contribution in [0.5, 0.6) is 0 Å². The molecule has 0 aromatic carbocycles. The number of imide groups is 1. The number of rotatable bonds is 20. The maximum Gasteiger partial charge on any atom is 0.364 e. The van der Waals surface area contributed by atoms with E-state index in [2.05, 4.69) is 10.6 Å². The molecule has 0 bridgehead atoms. The summed E-state index contributed by atoms with van der Waals surface area (Å²) in [6, 6.07) is 0. The molecule has 2 saturated heterocycles. The lowest BCUT2D eigenvalue weighted by molar-refractivity contribution is -0.312. The third kappa shape index (κ3) is 11.0. The van der Waals surface area contributed by atoms with Crippen LogP contribution in [-0.2, 0) is 43.0 Å². The molecule has 256 valence electrons. The van der Waals surface area contributed by atoms with Crippen LogP contribution in [0.3, 0.4) is 0 Å². The van der Waals surface area contributed by atoms with Gasteiger partial charge in [-0.05, 0) is 12.7 Å². The minimum absolute atomic E-state index is 0.00677. The summed E-state index contributed by atoms with van der Waals surface area (Å²) in [6.07, 6.45) is -5.52. The largest absolute Gasteiger partial charge is 0.477 e. The highest BCUT2D eigenvalue weighted by molar-refractivity contribution is 8.00. The molecule has 0 saturated carbocycles. The number of hydrogen-bond acceptors (Lipinski definition) is 14. The summed E-state index contributed by atoms with van der Waals surface area (Å²) in [5, 5.41) is 54.4. The molecule has 4 amide bonds. The number of aliphatic hydroxyl groups excluding tert-OH is 4. The van der Waals surface area contributed by atoms with Gasteiger partial charge in [0.25, 0.3) is 5.79 Å². The van der Waals surface area contributed by atoms with Gasteiger partial charge in [0, 0.05) is 64.8 Å². The number of carboxylic acids is 1. The Morgan fingerprint density at radius 3 is 2.42 bits per heavy atom. The van der Waals surface area contributed by atoms with Gasteiger partial charge in [-0.15, -0.1) is 0 Å². The van der Waals surface area contributed by atoms with Crippen LogP contribution in [-0.4, -0.2) is 154 Å². The number of ether oxygens (including phenoxy) is 3. The average molecular weight is 666 g/mol. The number of carbonyl (C=O) groups is 6. The Hall–Kier alpha value is -2.71. The van der Waals surface area contributed by atoms with Gasteiger partial charge in [0.15, 0.2) is 5.78 Å². The molecule has 0 aromatic heterocycles. The van der Waals surface area contributed by atoms with Gasteiger partial charge in [-0.3, -0.25) is 28.9 Å². The lowest BCUT2D eigenvalue weighted by Crippen LogP contribution is -2.61. The summed E-state index contributed by atoms with van der Waals surface area (Å²) in [4.78, 5) is 73.6. The maximum atomic E-state index is 12.6. The molecular formula is C27H43N3O14S. The molecule has 2 fully saturated rings. The SMILES string of the molecule is COC1(C(=O)O)CC(O)C(CC(=O)CNC(=O)CCOCCCNC(=O)CCN2C(=O)CC(SC)C2=O)C(C(O)[C@H](O)CO)O1. The quantitative estimate of drug-likeness (QED) is 0.0498. The summed E-state index contributed by atoms with van der Waals surface area (Å²) < 4.78 is 15.7. The number of nitrogens with one attached hydrogen (secondary N) is 2. The van der Waals surface area contributed by atoms with Gasteiger partial charge in [0.2, 0.25) is 23.6 Å². The number of aliphatic carboxylic acids is 1. The van der Waals surface area contributed by atoms with Gasteiger partial charge < -0.3 is 50.4 Å². The van der Waals surface area contributed by atoms with Crippen LogP contribution >= 0.6 is 11.8 Å². The van der Waals surface area contributed by atoms with E-state index < -0.39 is 85.0 Å². The zero-order valence-electron chi connectivity index (χ0n) is 25.2. The number of carbonyl (C=O) groups excluding carboxylic acids is 5. The summed E-state index contributed by atoms with van der Waals surface area (Å²) in [7, 11) is 1.02. The van der Waals surface area contributed by atoms with E-state index in [4.69, 9.17) is 14.2 Å². The summed E-state index contributed by atoms with van der Waals surface area (Å²) in [5.41, 5.74) is 0. The smallest absolute Gasteiger partial charge is 0.364 e. The van der Waals surface area contributed by atoms with Crippen molar-refractivity contribution in [2.75, 3.05) is 52.8 Å². The summed E-state index contributed by atoms with van der Waals surface area (Å²) in [6.45, 7) is -0.775. The zero-order chi connectivity index (χ0) is 33.7. The van der Waals surface area contributed by atoms with Crippen molar-refractivity contribution in [1.29, 1.82) is 0 Å². The molecule has 7 atom stereocenters. The van der Waals surface area contributed by atoms with Crippen molar-refractivity contribution in [1.82, 2.24) is 15.5 Å². The molecule has 17 nitrogen and oxygen atoms in total. The van der Waals surface area contributed by atoms with E-state index in [1.54, 1.807) is 6.26 Å². The number of thioether (sulfide) groups is 1. The molecule has 6 unspecified atom stereocenters. The van der Waals surface area contributed by atoms with Crippen molar-refractivity contribution in [3.05, 3.63) is 0 Å². The average Bonchev–Trinajstić information content (AvgIpc) is 3.29. The fourth-order valence-electron chi connectivity index (χ4n) is 4.92. The minimum Gasteiger partial charge on any atom is -0.477 e. The van der Waals surface area contributed by atoms with Gasteiger partial charge >= 0.3 is 5.97 Å². The summed E-state index contributed by atoms with van der Waals surface area (Å²) in [5.74, 6) is -7.10. The van der Waals surface area contributed by atoms with Gasteiger partial charge in [-0.1, -0.05) is 0 Å². The van der Waals surface area contributed by atoms with Gasteiger partial charge in [-0.2, -0.15) is 11.8 Å². The minimum atomic E-state index is -2.35. The third-order valence-corrected chi connectivity index (χ3v) is 8.49. The Bertz CT molecular complexity index is 1060. The highest BCUT2D eigenvalue weighted by Crippen LogP contribution is 2.37. The third-order valence-electron chi connectivity index (χ3n) is 7.55. The van der Waals surface area contributed by atoms with Crippen LogP contribution < -0.4 is 10.6 Å². The molecule has 0 spiro atoms. The van der Waals surface area contributed by atoms with E-state index in [1.165, 1.54) is 11.8 Å². The molecule has 2 aliphatic heterocycles. The van der Waals surface area contributed by atoms with Crippen molar-refractivity contribution >= 4 is 47.1 Å². The fraction of sp³-hybridized carbons (Fsp3) is 0.778. The molecule has 0 aliphatic carbocycles. The number of likely N-dealkylation sites (tertiary alicyclic amines) is 1. The zero-order valence-corrected chi connectivity index (χ0v) is 26.0. The maximum absolute atomic E-state index is 12.6. The van der Waals surface area contributed by atoms with Crippen LogP contribution in [0.2, 0.25) is 0 Å². The van der Waals surface area contributed by atoms with Crippen LogP contribution in [0.15, 0.2) is 0 Å². The standard InChI is InChI=1S/C27H43N3O14S/c1-42-27(26(40)41)12-17(33)16(24(44-27)23(38)18(34)14-31)10-15(32)13-29-21(36)5-9-43-8-3-6-28-20(35)4-7-30-22(37)11-19(45-2)25(30)39/h16-19,23-24,31,33-34,38H,3-14H2,1-2H3,(H,28,35)(H,29,36)(H,40,41)/t16?,17?,18-,19?,23?,24?,27?/m1/s1. The number of ketones is 1. The van der Waals surface area contributed by atoms with E-state index in [0.717, 1.165) is 12.0 Å². The molecule has 0 radical (unpaired) electrons. The first kappa shape index (κ1) is 38.5. The van der Waals surface area contributed by atoms with Crippen LogP contribution in [0.1, 0.15) is 38.5 Å². The second-order valence-electron chi connectivity index (χ2n) is 10.7. The Balaban J connectivity index is 1.66. The van der Waals surface area contributed by atoms with E-state index >= 15 is 0 Å². The highest BCUT2D eigenvalue weighted by Gasteiger charge is 2.55. The lowest BCUT2D eigenvalue weighted by atomic mass is 9.80. The van der Waals surface area contributed by atoms with Gasteiger partial charge in [-0.25, -0.2) is 4.79 Å². The predicted octanol–water partition coefficient (Wildman–Crippen LogP) is -3.24. The molecule has 0 aromatic rings.